The Balaban J connectivity index is 2.53. The normalized spacial score (nSPS) is 10.7. The van der Waals surface area contributed by atoms with Gasteiger partial charge in [0.15, 0.2) is 0 Å². The van der Waals surface area contributed by atoms with E-state index in [1.165, 1.54) is 16.2 Å². The molecule has 0 radical (unpaired) electrons. The largest absolute Gasteiger partial charge is 0.480 e. The Labute approximate surface area is 122 Å². The molecule has 0 unspecified atom stereocenters. The van der Waals surface area contributed by atoms with E-state index >= 15 is 0 Å². The molecule has 1 rings (SSSR count). The summed E-state index contributed by atoms with van der Waals surface area (Å²) in [4.78, 5) is 25.2. The van der Waals surface area contributed by atoms with E-state index in [1.807, 2.05) is 19.9 Å². The van der Waals surface area contributed by atoms with E-state index in [1.54, 1.807) is 6.07 Å². The minimum atomic E-state index is -0.979. The van der Waals surface area contributed by atoms with Crippen LogP contribution in [0.4, 0.5) is 0 Å². The summed E-state index contributed by atoms with van der Waals surface area (Å²) < 4.78 is 0.701. The van der Waals surface area contributed by atoms with Gasteiger partial charge >= 0.3 is 5.97 Å². The SMILES string of the molecule is CC(C)CN(CC(=O)O)C(=O)CCc1ccc(Cl)s1. The number of carbonyl (C=O) groups is 2. The number of carboxylic acid groups (broad SMARTS) is 1. The molecule has 0 aliphatic heterocycles. The molecule has 0 aliphatic rings. The van der Waals surface area contributed by atoms with Crippen LogP contribution in [-0.4, -0.2) is 35.0 Å². The molecule has 0 aliphatic carbocycles. The zero-order valence-corrected chi connectivity index (χ0v) is 12.6. The second-order valence-electron chi connectivity index (χ2n) is 4.77. The molecule has 0 atom stereocenters. The molecule has 0 bridgehead atoms. The molecule has 1 heterocycles. The fourth-order valence-electron chi connectivity index (χ4n) is 1.73. The van der Waals surface area contributed by atoms with Crippen LogP contribution in [0.3, 0.4) is 0 Å². The van der Waals surface area contributed by atoms with Gasteiger partial charge in [0.2, 0.25) is 5.91 Å². The van der Waals surface area contributed by atoms with E-state index in [0.29, 0.717) is 23.7 Å². The Hall–Kier alpha value is -1.07. The fourth-order valence-corrected chi connectivity index (χ4v) is 2.82. The van der Waals surface area contributed by atoms with Crippen molar-refractivity contribution in [1.82, 2.24) is 4.90 Å². The van der Waals surface area contributed by atoms with Crippen molar-refractivity contribution in [2.45, 2.75) is 26.7 Å². The van der Waals surface area contributed by atoms with E-state index in [4.69, 9.17) is 16.7 Å². The van der Waals surface area contributed by atoms with Gasteiger partial charge in [-0.2, -0.15) is 0 Å². The van der Waals surface area contributed by atoms with Gasteiger partial charge in [0.05, 0.1) is 4.34 Å². The molecule has 0 fully saturated rings. The van der Waals surface area contributed by atoms with Crippen LogP contribution in [0.1, 0.15) is 25.1 Å². The first-order chi connectivity index (χ1) is 8.88. The first-order valence-corrected chi connectivity index (χ1v) is 7.31. The third kappa shape index (κ3) is 6.07. The number of aryl methyl sites for hydroxylation is 1. The van der Waals surface area contributed by atoms with E-state index in [0.717, 1.165) is 4.88 Å². The highest BCUT2D eigenvalue weighted by molar-refractivity contribution is 7.16. The molecule has 1 N–H and O–H groups in total. The number of hydrogen-bond donors (Lipinski definition) is 1. The quantitative estimate of drug-likeness (QED) is 0.842. The molecule has 0 saturated carbocycles. The minimum absolute atomic E-state index is 0.124. The van der Waals surface area contributed by atoms with Gasteiger partial charge < -0.3 is 10.0 Å². The molecule has 4 nitrogen and oxygen atoms in total. The summed E-state index contributed by atoms with van der Waals surface area (Å²) in [6.07, 6.45) is 0.918. The van der Waals surface area contributed by atoms with Crippen LogP contribution in [0.25, 0.3) is 0 Å². The molecule has 1 amide bonds. The summed E-state index contributed by atoms with van der Waals surface area (Å²) in [7, 11) is 0. The van der Waals surface area contributed by atoms with Gasteiger partial charge in [-0.05, 0) is 24.5 Å². The summed E-state index contributed by atoms with van der Waals surface area (Å²) in [5.74, 6) is -0.853. The van der Waals surface area contributed by atoms with Crippen molar-refractivity contribution < 1.29 is 14.7 Å². The molecule has 1 aromatic rings. The van der Waals surface area contributed by atoms with Crippen molar-refractivity contribution >= 4 is 34.8 Å². The average Bonchev–Trinajstić information content (AvgIpc) is 2.70. The van der Waals surface area contributed by atoms with Crippen molar-refractivity contribution in [3.8, 4) is 0 Å². The van der Waals surface area contributed by atoms with E-state index < -0.39 is 5.97 Å². The van der Waals surface area contributed by atoms with Gasteiger partial charge in [-0.25, -0.2) is 0 Å². The summed E-state index contributed by atoms with van der Waals surface area (Å²) in [5, 5.41) is 8.82. The predicted octanol–water partition coefficient (Wildman–Crippen LogP) is 2.90. The van der Waals surface area contributed by atoms with Crippen LogP contribution in [0.15, 0.2) is 12.1 Å². The number of hydrogen-bond acceptors (Lipinski definition) is 3. The zero-order chi connectivity index (χ0) is 14.4. The topological polar surface area (TPSA) is 57.6 Å². The number of aliphatic carboxylic acids is 1. The van der Waals surface area contributed by atoms with Crippen molar-refractivity contribution in [3.05, 3.63) is 21.3 Å². The van der Waals surface area contributed by atoms with Gasteiger partial charge in [0.1, 0.15) is 6.54 Å². The standard InChI is InChI=1S/C13H18ClNO3S/c1-9(2)7-15(8-13(17)18)12(16)6-4-10-3-5-11(14)19-10/h3,5,9H,4,6-8H2,1-2H3,(H,17,18). The van der Waals surface area contributed by atoms with Gasteiger partial charge in [-0.1, -0.05) is 25.4 Å². The fraction of sp³-hybridized carbons (Fsp3) is 0.538. The molecular formula is C13H18ClNO3S. The van der Waals surface area contributed by atoms with Crippen molar-refractivity contribution in [1.29, 1.82) is 0 Å². The first kappa shape index (κ1) is 16.0. The monoisotopic (exact) mass is 303 g/mol. The Bertz CT molecular complexity index is 445. The summed E-state index contributed by atoms with van der Waals surface area (Å²) in [6.45, 7) is 4.15. The number of halogens is 1. The Morgan fingerprint density at radius 3 is 2.58 bits per heavy atom. The second-order valence-corrected chi connectivity index (χ2v) is 6.57. The maximum absolute atomic E-state index is 12.0. The molecule has 0 spiro atoms. The lowest BCUT2D eigenvalue weighted by atomic mass is 10.2. The van der Waals surface area contributed by atoms with Gasteiger partial charge in [-0.15, -0.1) is 11.3 Å². The number of rotatable bonds is 7. The molecule has 106 valence electrons. The van der Waals surface area contributed by atoms with E-state index in [9.17, 15) is 9.59 Å². The van der Waals surface area contributed by atoms with E-state index in [2.05, 4.69) is 0 Å². The second kappa shape index (κ2) is 7.50. The Morgan fingerprint density at radius 2 is 2.11 bits per heavy atom. The van der Waals surface area contributed by atoms with Crippen molar-refractivity contribution in [2.75, 3.05) is 13.1 Å². The van der Waals surface area contributed by atoms with Gasteiger partial charge in [0.25, 0.3) is 0 Å². The highest BCUT2D eigenvalue weighted by Crippen LogP contribution is 2.22. The van der Waals surface area contributed by atoms with Crippen LogP contribution in [0, 0.1) is 5.92 Å². The third-order valence-corrected chi connectivity index (χ3v) is 3.77. The predicted molar refractivity (Wildman–Crippen MR) is 76.7 cm³/mol. The zero-order valence-electron chi connectivity index (χ0n) is 11.1. The number of carboxylic acids is 1. The first-order valence-electron chi connectivity index (χ1n) is 6.12. The number of amides is 1. The van der Waals surface area contributed by atoms with Gasteiger partial charge in [0, 0.05) is 17.8 Å². The van der Waals surface area contributed by atoms with Crippen LogP contribution in [0.2, 0.25) is 4.34 Å². The van der Waals surface area contributed by atoms with Crippen LogP contribution < -0.4 is 0 Å². The molecule has 0 saturated heterocycles. The highest BCUT2D eigenvalue weighted by atomic mass is 35.5. The maximum atomic E-state index is 12.0. The van der Waals surface area contributed by atoms with Crippen LogP contribution in [0.5, 0.6) is 0 Å². The summed E-state index contributed by atoms with van der Waals surface area (Å²) >= 11 is 7.27. The van der Waals surface area contributed by atoms with Gasteiger partial charge in [-0.3, -0.25) is 9.59 Å². The lowest BCUT2D eigenvalue weighted by Gasteiger charge is -2.22. The molecule has 1 aromatic heterocycles. The van der Waals surface area contributed by atoms with Crippen LogP contribution >= 0.6 is 22.9 Å². The third-order valence-electron chi connectivity index (χ3n) is 2.48. The number of carbonyl (C=O) groups excluding carboxylic acids is 1. The average molecular weight is 304 g/mol. The molecule has 19 heavy (non-hydrogen) atoms. The maximum Gasteiger partial charge on any atom is 0.323 e. The number of nitrogens with zero attached hydrogens (tertiary/aromatic N) is 1. The van der Waals surface area contributed by atoms with Crippen molar-refractivity contribution in [2.24, 2.45) is 5.92 Å². The number of thiophene rings is 1. The van der Waals surface area contributed by atoms with E-state index in [-0.39, 0.29) is 18.4 Å². The summed E-state index contributed by atoms with van der Waals surface area (Å²) in [5.41, 5.74) is 0. The molecule has 0 aromatic carbocycles. The Morgan fingerprint density at radius 1 is 1.42 bits per heavy atom. The minimum Gasteiger partial charge on any atom is -0.480 e. The van der Waals surface area contributed by atoms with Crippen LogP contribution in [-0.2, 0) is 16.0 Å². The lowest BCUT2D eigenvalue weighted by molar-refractivity contribution is -0.144. The highest BCUT2D eigenvalue weighted by Gasteiger charge is 2.17. The smallest absolute Gasteiger partial charge is 0.323 e. The lowest BCUT2D eigenvalue weighted by Crippen LogP contribution is -2.38. The summed E-state index contributed by atoms with van der Waals surface area (Å²) in [6, 6.07) is 3.69. The van der Waals surface area contributed by atoms with Crippen molar-refractivity contribution in [3.63, 3.8) is 0 Å². The Kier molecular flexibility index (Phi) is 6.31. The molecular weight excluding hydrogens is 286 g/mol. The molecule has 6 heteroatoms.